The van der Waals surface area contributed by atoms with E-state index in [4.69, 9.17) is 5.73 Å². The summed E-state index contributed by atoms with van der Waals surface area (Å²) in [7, 11) is 2.02. The molecule has 0 radical (unpaired) electrons. The van der Waals surface area contributed by atoms with Gasteiger partial charge in [-0.15, -0.1) is 0 Å². The van der Waals surface area contributed by atoms with Crippen LogP contribution in [-0.2, 0) is 0 Å². The molecular formula is C14H24N4O. The normalized spacial score (nSPS) is 12.3. The van der Waals surface area contributed by atoms with Crippen molar-refractivity contribution in [3.63, 3.8) is 0 Å². The third kappa shape index (κ3) is 5.72. The summed E-state index contributed by atoms with van der Waals surface area (Å²) in [5, 5.41) is 5.61. The van der Waals surface area contributed by atoms with Crippen molar-refractivity contribution >= 4 is 11.7 Å². The van der Waals surface area contributed by atoms with Gasteiger partial charge in [0.25, 0.3) is 0 Å². The minimum absolute atomic E-state index is 0.00691. The molecule has 0 aliphatic heterocycles. The van der Waals surface area contributed by atoms with E-state index >= 15 is 0 Å². The summed E-state index contributed by atoms with van der Waals surface area (Å²) < 4.78 is 0. The summed E-state index contributed by atoms with van der Waals surface area (Å²) in [6.45, 7) is 6.46. The Morgan fingerprint density at radius 1 is 1.37 bits per heavy atom. The number of carbonyl (C=O) groups excluding carboxylic acids is 1. The Morgan fingerprint density at radius 3 is 2.53 bits per heavy atom. The highest BCUT2D eigenvalue weighted by Crippen LogP contribution is 2.13. The van der Waals surface area contributed by atoms with Gasteiger partial charge in [0, 0.05) is 24.8 Å². The van der Waals surface area contributed by atoms with Gasteiger partial charge >= 0.3 is 6.03 Å². The van der Waals surface area contributed by atoms with Gasteiger partial charge in [0.05, 0.1) is 0 Å². The van der Waals surface area contributed by atoms with Crippen LogP contribution in [0.4, 0.5) is 10.5 Å². The molecule has 19 heavy (non-hydrogen) atoms. The van der Waals surface area contributed by atoms with E-state index in [1.165, 1.54) is 0 Å². The van der Waals surface area contributed by atoms with Gasteiger partial charge in [-0.3, -0.25) is 0 Å². The van der Waals surface area contributed by atoms with Crippen molar-refractivity contribution in [2.45, 2.75) is 19.9 Å². The molecular weight excluding hydrogens is 240 g/mol. The van der Waals surface area contributed by atoms with Gasteiger partial charge in [-0.05, 0) is 38.2 Å². The van der Waals surface area contributed by atoms with E-state index in [0.717, 1.165) is 24.3 Å². The summed E-state index contributed by atoms with van der Waals surface area (Å²) in [4.78, 5) is 13.8. The van der Waals surface area contributed by atoms with Gasteiger partial charge in [-0.1, -0.05) is 19.1 Å². The number of carbonyl (C=O) groups is 1. The summed E-state index contributed by atoms with van der Waals surface area (Å²) in [6, 6.07) is 7.38. The zero-order valence-corrected chi connectivity index (χ0v) is 11.9. The molecule has 1 aromatic rings. The number of nitrogens with two attached hydrogens (primary N) is 1. The number of anilines is 1. The molecule has 1 rings (SSSR count). The summed E-state index contributed by atoms with van der Waals surface area (Å²) >= 11 is 0. The Labute approximate surface area is 115 Å². The fourth-order valence-electron chi connectivity index (χ4n) is 1.56. The standard InChI is InChI=1S/C14H24N4O/c1-4-18(3)10-9-16-14(19)17-13-7-5-12(6-8-13)11(2)15/h5-8,11H,4,9-10,15H2,1-3H3,(H2,16,17,19). The van der Waals surface area contributed by atoms with Crippen molar-refractivity contribution in [1.82, 2.24) is 10.2 Å². The lowest BCUT2D eigenvalue weighted by atomic mass is 10.1. The monoisotopic (exact) mass is 264 g/mol. The van der Waals surface area contributed by atoms with Gasteiger partial charge in [-0.2, -0.15) is 0 Å². The lowest BCUT2D eigenvalue weighted by Gasteiger charge is -2.14. The number of nitrogens with zero attached hydrogens (tertiary/aromatic N) is 1. The molecule has 1 aromatic carbocycles. The second kappa shape index (κ2) is 7.76. The Balaban J connectivity index is 2.36. The molecule has 0 spiro atoms. The van der Waals surface area contributed by atoms with Gasteiger partial charge in [0.1, 0.15) is 0 Å². The van der Waals surface area contributed by atoms with Crippen LogP contribution in [-0.4, -0.2) is 37.6 Å². The lowest BCUT2D eigenvalue weighted by molar-refractivity contribution is 0.250. The molecule has 106 valence electrons. The maximum absolute atomic E-state index is 11.6. The molecule has 1 unspecified atom stereocenters. The molecule has 0 aliphatic rings. The van der Waals surface area contributed by atoms with E-state index in [1.807, 2.05) is 38.2 Å². The minimum Gasteiger partial charge on any atom is -0.337 e. The fraction of sp³-hybridized carbons (Fsp3) is 0.500. The van der Waals surface area contributed by atoms with E-state index in [0.29, 0.717) is 6.54 Å². The zero-order valence-electron chi connectivity index (χ0n) is 11.9. The Hall–Kier alpha value is -1.59. The first-order valence-electron chi connectivity index (χ1n) is 6.62. The average molecular weight is 264 g/mol. The molecule has 0 fully saturated rings. The minimum atomic E-state index is -0.182. The van der Waals surface area contributed by atoms with E-state index < -0.39 is 0 Å². The van der Waals surface area contributed by atoms with Crippen LogP contribution in [0.5, 0.6) is 0 Å². The molecule has 1 atom stereocenters. The van der Waals surface area contributed by atoms with Crippen LogP contribution in [0.3, 0.4) is 0 Å². The van der Waals surface area contributed by atoms with Crippen LogP contribution in [0.2, 0.25) is 0 Å². The summed E-state index contributed by atoms with van der Waals surface area (Å²) in [5.41, 5.74) is 7.59. The summed E-state index contributed by atoms with van der Waals surface area (Å²) in [5.74, 6) is 0. The third-order valence-corrected chi connectivity index (χ3v) is 3.01. The number of hydrogen-bond donors (Lipinski definition) is 3. The first-order chi connectivity index (χ1) is 9.02. The average Bonchev–Trinajstić information content (AvgIpc) is 2.39. The van der Waals surface area contributed by atoms with E-state index in [1.54, 1.807) is 0 Å². The van der Waals surface area contributed by atoms with Crippen LogP contribution >= 0.6 is 0 Å². The molecule has 4 N–H and O–H groups in total. The highest BCUT2D eigenvalue weighted by atomic mass is 16.2. The zero-order chi connectivity index (χ0) is 14.3. The number of nitrogens with one attached hydrogen (secondary N) is 2. The lowest BCUT2D eigenvalue weighted by Crippen LogP contribution is -2.35. The largest absolute Gasteiger partial charge is 0.337 e. The molecule has 0 saturated carbocycles. The fourth-order valence-corrected chi connectivity index (χ4v) is 1.56. The Bertz CT molecular complexity index is 389. The molecule has 0 saturated heterocycles. The molecule has 0 aliphatic carbocycles. The second-order valence-electron chi connectivity index (χ2n) is 4.69. The van der Waals surface area contributed by atoms with Crippen LogP contribution < -0.4 is 16.4 Å². The maximum Gasteiger partial charge on any atom is 0.319 e. The number of rotatable bonds is 6. The van der Waals surface area contributed by atoms with Crippen LogP contribution in [0.25, 0.3) is 0 Å². The number of likely N-dealkylation sites (N-methyl/N-ethyl adjacent to an activating group) is 1. The number of benzene rings is 1. The SMILES string of the molecule is CCN(C)CCNC(=O)Nc1ccc(C(C)N)cc1. The third-order valence-electron chi connectivity index (χ3n) is 3.01. The highest BCUT2D eigenvalue weighted by Gasteiger charge is 2.03. The second-order valence-corrected chi connectivity index (χ2v) is 4.69. The Kier molecular flexibility index (Phi) is 6.32. The number of urea groups is 1. The van der Waals surface area contributed by atoms with Gasteiger partial charge in [0.2, 0.25) is 0 Å². The van der Waals surface area contributed by atoms with Crippen molar-refractivity contribution in [3.05, 3.63) is 29.8 Å². The Morgan fingerprint density at radius 2 is 2.00 bits per heavy atom. The van der Waals surface area contributed by atoms with Gasteiger partial charge in [-0.25, -0.2) is 4.79 Å². The topological polar surface area (TPSA) is 70.4 Å². The van der Waals surface area contributed by atoms with Crippen molar-refractivity contribution in [3.8, 4) is 0 Å². The van der Waals surface area contributed by atoms with E-state index in [-0.39, 0.29) is 12.1 Å². The maximum atomic E-state index is 11.6. The van der Waals surface area contributed by atoms with Crippen molar-refractivity contribution in [2.75, 3.05) is 32.0 Å². The quantitative estimate of drug-likeness (QED) is 0.733. The molecule has 5 heteroatoms. The summed E-state index contributed by atoms with van der Waals surface area (Å²) in [6.07, 6.45) is 0. The number of hydrogen-bond acceptors (Lipinski definition) is 3. The van der Waals surface area contributed by atoms with Gasteiger partial charge < -0.3 is 21.3 Å². The van der Waals surface area contributed by atoms with E-state index in [2.05, 4.69) is 22.5 Å². The van der Waals surface area contributed by atoms with Crippen LogP contribution in [0.15, 0.2) is 24.3 Å². The van der Waals surface area contributed by atoms with Crippen molar-refractivity contribution < 1.29 is 4.79 Å². The molecule has 0 bridgehead atoms. The van der Waals surface area contributed by atoms with Crippen LogP contribution in [0, 0.1) is 0 Å². The smallest absolute Gasteiger partial charge is 0.319 e. The predicted molar refractivity (Wildman–Crippen MR) is 79.2 cm³/mol. The van der Waals surface area contributed by atoms with Crippen LogP contribution in [0.1, 0.15) is 25.5 Å². The van der Waals surface area contributed by atoms with E-state index in [9.17, 15) is 4.79 Å². The number of amides is 2. The predicted octanol–water partition coefficient (Wildman–Crippen LogP) is 1.78. The van der Waals surface area contributed by atoms with Crippen molar-refractivity contribution in [2.24, 2.45) is 5.73 Å². The van der Waals surface area contributed by atoms with Gasteiger partial charge in [0.15, 0.2) is 0 Å². The first kappa shape index (κ1) is 15.5. The first-order valence-corrected chi connectivity index (χ1v) is 6.62. The molecule has 5 nitrogen and oxygen atoms in total. The van der Waals surface area contributed by atoms with Crippen molar-refractivity contribution in [1.29, 1.82) is 0 Å². The molecule has 2 amide bonds. The molecule has 0 heterocycles. The molecule has 0 aromatic heterocycles. The highest BCUT2D eigenvalue weighted by molar-refractivity contribution is 5.89.